The summed E-state index contributed by atoms with van der Waals surface area (Å²) in [5, 5.41) is 0.314. The lowest BCUT2D eigenvalue weighted by atomic mass is 10.0. The molecule has 184 valence electrons. The zero-order valence-electron chi connectivity index (χ0n) is 19.7. The van der Waals surface area contributed by atoms with Gasteiger partial charge in [0, 0.05) is 26.1 Å². The van der Waals surface area contributed by atoms with Crippen LogP contribution < -0.4 is 9.62 Å². The largest absolute Gasteiger partial charge is 0.341 e. The van der Waals surface area contributed by atoms with Crippen LogP contribution >= 0.6 is 11.3 Å². The van der Waals surface area contributed by atoms with Crippen molar-refractivity contribution in [3.8, 4) is 11.1 Å². The first kappa shape index (κ1) is 25.0. The van der Waals surface area contributed by atoms with E-state index in [0.29, 0.717) is 30.3 Å². The molecule has 0 spiro atoms. The van der Waals surface area contributed by atoms with Gasteiger partial charge in [0.25, 0.3) is 10.0 Å². The van der Waals surface area contributed by atoms with Crippen LogP contribution in [-0.4, -0.2) is 56.8 Å². The van der Waals surface area contributed by atoms with Crippen molar-refractivity contribution in [3.63, 3.8) is 0 Å². The van der Waals surface area contributed by atoms with E-state index in [1.54, 1.807) is 11.8 Å². The second kappa shape index (κ2) is 10.7. The second-order valence-corrected chi connectivity index (χ2v) is 11.4. The van der Waals surface area contributed by atoms with Gasteiger partial charge < -0.3 is 4.90 Å². The average Bonchev–Trinajstić information content (AvgIpc) is 3.46. The van der Waals surface area contributed by atoms with Gasteiger partial charge in [0.15, 0.2) is 9.34 Å². The van der Waals surface area contributed by atoms with Gasteiger partial charge in [0.1, 0.15) is 0 Å². The van der Waals surface area contributed by atoms with Crippen molar-refractivity contribution in [1.82, 2.24) is 14.6 Å². The molecular weight excluding hydrogens is 484 g/mol. The highest BCUT2D eigenvalue weighted by Gasteiger charge is 2.27. The van der Waals surface area contributed by atoms with Gasteiger partial charge in [-0.1, -0.05) is 65.9 Å². The lowest BCUT2D eigenvalue weighted by Crippen LogP contribution is -2.40. The van der Waals surface area contributed by atoms with E-state index in [0.717, 1.165) is 34.4 Å². The summed E-state index contributed by atoms with van der Waals surface area (Å²) in [6.07, 6.45) is 1.46. The van der Waals surface area contributed by atoms with Crippen molar-refractivity contribution >= 4 is 38.3 Å². The lowest BCUT2D eigenvalue weighted by molar-refractivity contribution is -0.128. The fourth-order valence-corrected chi connectivity index (χ4v) is 6.41. The summed E-state index contributed by atoms with van der Waals surface area (Å²) in [6, 6.07) is 17.8. The van der Waals surface area contributed by atoms with E-state index in [1.165, 1.54) is 11.9 Å². The highest BCUT2D eigenvalue weighted by atomic mass is 32.2. The third kappa shape index (κ3) is 5.77. The predicted molar refractivity (Wildman–Crippen MR) is 137 cm³/mol. The predicted octanol–water partition coefficient (Wildman–Crippen LogP) is 3.22. The van der Waals surface area contributed by atoms with Gasteiger partial charge in [-0.2, -0.15) is 0 Å². The van der Waals surface area contributed by atoms with Crippen LogP contribution in [0.15, 0.2) is 58.8 Å². The molecule has 8 nitrogen and oxygen atoms in total. The van der Waals surface area contributed by atoms with Crippen LogP contribution in [0.3, 0.4) is 0 Å². The van der Waals surface area contributed by atoms with Crippen LogP contribution in [0.5, 0.6) is 0 Å². The Labute approximate surface area is 209 Å². The number of carbonyl (C=O) groups excluding carboxylic acids is 2. The average molecular weight is 513 g/mol. The molecule has 0 aliphatic carbocycles. The minimum absolute atomic E-state index is 0.0719. The first-order chi connectivity index (χ1) is 16.8. The summed E-state index contributed by atoms with van der Waals surface area (Å²) in [7, 11) is -2.35. The van der Waals surface area contributed by atoms with Crippen molar-refractivity contribution in [2.24, 2.45) is 0 Å². The van der Waals surface area contributed by atoms with Crippen LogP contribution in [0.25, 0.3) is 11.1 Å². The second-order valence-electron chi connectivity index (χ2n) is 8.35. The summed E-state index contributed by atoms with van der Waals surface area (Å²) in [5.41, 5.74) is 3.33. The van der Waals surface area contributed by atoms with E-state index in [9.17, 15) is 18.0 Å². The number of thiazole rings is 1. The molecule has 1 saturated heterocycles. The summed E-state index contributed by atoms with van der Waals surface area (Å²) in [4.78, 5) is 33.1. The molecule has 4 rings (SSSR count). The molecule has 2 amide bonds. The first-order valence-electron chi connectivity index (χ1n) is 11.4. The molecule has 1 aliphatic rings. The van der Waals surface area contributed by atoms with E-state index in [4.69, 9.17) is 0 Å². The molecule has 0 bridgehead atoms. The van der Waals surface area contributed by atoms with Crippen molar-refractivity contribution in [3.05, 3.63) is 65.9 Å². The molecule has 0 unspecified atom stereocenters. The van der Waals surface area contributed by atoms with Crippen molar-refractivity contribution in [1.29, 1.82) is 0 Å². The van der Waals surface area contributed by atoms with Crippen LogP contribution in [-0.2, 0) is 26.0 Å². The third-order valence-corrected chi connectivity index (χ3v) is 9.17. The van der Waals surface area contributed by atoms with E-state index >= 15 is 0 Å². The number of amides is 2. The molecule has 35 heavy (non-hydrogen) atoms. The summed E-state index contributed by atoms with van der Waals surface area (Å²) in [6.45, 7) is 2.90. The minimum atomic E-state index is -3.69. The maximum atomic E-state index is 13.4. The smallest absolute Gasteiger partial charge is 0.251 e. The van der Waals surface area contributed by atoms with Crippen LogP contribution in [0.1, 0.15) is 24.1 Å². The number of rotatable bonds is 9. The number of sulfonamides is 1. The number of likely N-dealkylation sites (tertiary alicyclic amines) is 1. The maximum Gasteiger partial charge on any atom is 0.251 e. The molecule has 2 aromatic carbocycles. The number of hydrogen-bond donors (Lipinski definition) is 1. The Balaban J connectivity index is 1.56. The normalized spacial score (nSPS) is 13.9. The number of hydrogen-bond acceptors (Lipinski definition) is 6. The fraction of sp³-hybridized carbons (Fsp3) is 0.320. The molecular formula is C25H28N4O4S2. The van der Waals surface area contributed by atoms with Crippen LogP contribution in [0.2, 0.25) is 0 Å². The van der Waals surface area contributed by atoms with Gasteiger partial charge in [0.05, 0.1) is 12.1 Å². The number of nitrogens with zero attached hydrogens (tertiary/aromatic N) is 3. The molecule has 1 aromatic heterocycles. The topological polar surface area (TPSA) is 99.7 Å². The maximum absolute atomic E-state index is 13.4. The molecule has 10 heteroatoms. The summed E-state index contributed by atoms with van der Waals surface area (Å²) < 4.78 is 27.1. The summed E-state index contributed by atoms with van der Waals surface area (Å²) in [5.74, 6) is -0.131. The van der Waals surface area contributed by atoms with Gasteiger partial charge in [0.2, 0.25) is 11.8 Å². The minimum Gasteiger partial charge on any atom is -0.341 e. The van der Waals surface area contributed by atoms with Gasteiger partial charge in [-0.05, 0) is 37.1 Å². The first-order valence-corrected chi connectivity index (χ1v) is 13.7. The Bertz CT molecular complexity index is 1300. The SMILES string of the molecule is CNS(=O)(=O)c1sc(N(CCN2CCCC2=O)C(=O)Cc2ccc(-c3ccccc3)cc2)nc1C. The van der Waals surface area contributed by atoms with Gasteiger partial charge in [-0.3, -0.25) is 14.5 Å². The molecule has 1 N–H and O–H groups in total. The zero-order valence-corrected chi connectivity index (χ0v) is 21.4. The zero-order chi connectivity index (χ0) is 25.0. The van der Waals surface area contributed by atoms with Gasteiger partial charge >= 0.3 is 0 Å². The quantitative estimate of drug-likeness (QED) is 0.475. The van der Waals surface area contributed by atoms with E-state index in [-0.39, 0.29) is 29.0 Å². The molecule has 0 saturated carbocycles. The standard InChI is InChI=1S/C25H28N4O4S2/c1-18-24(35(32,33)26-2)34-25(27-18)29(16-15-28-14-6-9-22(28)30)23(31)17-19-10-12-21(13-11-19)20-7-4-3-5-8-20/h3-5,7-8,10-13,26H,6,9,14-17H2,1-2H3. The molecule has 1 aliphatic heterocycles. The Morgan fingerprint density at radius 2 is 1.80 bits per heavy atom. The molecule has 1 fully saturated rings. The fourth-order valence-electron chi connectivity index (χ4n) is 4.03. The highest BCUT2D eigenvalue weighted by molar-refractivity contribution is 7.91. The molecule has 3 aromatic rings. The highest BCUT2D eigenvalue weighted by Crippen LogP contribution is 2.30. The molecule has 0 radical (unpaired) electrons. The van der Waals surface area contributed by atoms with E-state index in [2.05, 4.69) is 9.71 Å². The Hall–Kier alpha value is -3.08. The van der Waals surface area contributed by atoms with Crippen LogP contribution in [0, 0.1) is 6.92 Å². The number of benzene rings is 2. The van der Waals surface area contributed by atoms with Crippen LogP contribution in [0.4, 0.5) is 5.13 Å². The monoisotopic (exact) mass is 512 g/mol. The summed E-state index contributed by atoms with van der Waals surface area (Å²) >= 11 is 0.961. The molecule has 2 heterocycles. The number of aromatic nitrogens is 1. The Morgan fingerprint density at radius 1 is 1.11 bits per heavy atom. The number of nitrogens with one attached hydrogen (secondary N) is 1. The van der Waals surface area contributed by atoms with Crippen molar-refractivity contribution in [2.45, 2.75) is 30.4 Å². The number of aryl methyl sites for hydroxylation is 1. The van der Waals surface area contributed by atoms with E-state index < -0.39 is 10.0 Å². The Kier molecular flexibility index (Phi) is 7.63. The third-order valence-electron chi connectivity index (χ3n) is 5.97. The van der Waals surface area contributed by atoms with Crippen molar-refractivity contribution < 1.29 is 18.0 Å². The lowest BCUT2D eigenvalue weighted by Gasteiger charge is -2.23. The Morgan fingerprint density at radius 3 is 2.43 bits per heavy atom. The van der Waals surface area contributed by atoms with Crippen molar-refractivity contribution in [2.75, 3.05) is 31.6 Å². The van der Waals surface area contributed by atoms with Gasteiger partial charge in [-0.15, -0.1) is 0 Å². The van der Waals surface area contributed by atoms with E-state index in [1.807, 2.05) is 54.6 Å². The van der Waals surface area contributed by atoms with Gasteiger partial charge in [-0.25, -0.2) is 18.1 Å². The number of carbonyl (C=O) groups is 2. The molecule has 0 atom stereocenters. The number of anilines is 1.